The molecule has 3 N–H and O–H groups in total. The molecule has 10 unspecified atom stereocenters. The van der Waals surface area contributed by atoms with Gasteiger partial charge in [0.2, 0.25) is 0 Å². The second-order valence-corrected chi connectivity index (χ2v) is 10.9. The third-order valence-corrected chi connectivity index (χ3v) is 9.68. The first-order chi connectivity index (χ1) is 13.7. The first kappa shape index (κ1) is 19.8. The maximum Gasteiger partial charge on any atom is 0.335 e. The smallest absolute Gasteiger partial charge is 0.335 e. The Balaban J connectivity index is 1.51. The van der Waals surface area contributed by atoms with Gasteiger partial charge in [0.25, 0.3) is 0 Å². The van der Waals surface area contributed by atoms with Gasteiger partial charge >= 0.3 is 5.63 Å². The number of aliphatic hydroxyl groups excluding tert-OH is 3. The van der Waals surface area contributed by atoms with Gasteiger partial charge in [0, 0.05) is 6.07 Å². The molecule has 5 heteroatoms. The lowest BCUT2D eigenvalue weighted by Crippen LogP contribution is -2.60. The zero-order chi connectivity index (χ0) is 20.6. The highest BCUT2D eigenvalue weighted by molar-refractivity contribution is 5.25. The molecule has 160 valence electrons. The van der Waals surface area contributed by atoms with Crippen LogP contribution in [0, 0.1) is 34.5 Å². The van der Waals surface area contributed by atoms with E-state index in [-0.39, 0.29) is 40.3 Å². The molecule has 5 rings (SSSR count). The highest BCUT2D eigenvalue weighted by Crippen LogP contribution is 2.68. The standard InChI is InChI=1S/C24H34O5/c1-23-8-7-15(25)9-14(23)4-5-16-21-18(26)10-17(13-3-6-20(28)29-12-13)24(21,2)11-19(27)22(16)23/h3,6,12,14-19,21-22,25-27H,4-5,7-11H2,1-2H3. The molecule has 5 nitrogen and oxygen atoms in total. The number of hydrogen-bond acceptors (Lipinski definition) is 5. The lowest BCUT2D eigenvalue weighted by molar-refractivity contribution is -0.184. The van der Waals surface area contributed by atoms with Crippen molar-refractivity contribution < 1.29 is 19.7 Å². The van der Waals surface area contributed by atoms with Crippen LogP contribution in [0.15, 0.2) is 27.6 Å². The summed E-state index contributed by atoms with van der Waals surface area (Å²) >= 11 is 0. The normalized spacial score (nSPS) is 51.8. The third-order valence-electron chi connectivity index (χ3n) is 9.68. The van der Waals surface area contributed by atoms with Crippen LogP contribution in [0.5, 0.6) is 0 Å². The van der Waals surface area contributed by atoms with Crippen molar-refractivity contribution in [2.75, 3.05) is 0 Å². The van der Waals surface area contributed by atoms with Gasteiger partial charge in [0.05, 0.1) is 24.6 Å². The maximum absolute atomic E-state index is 11.5. The summed E-state index contributed by atoms with van der Waals surface area (Å²) in [6.45, 7) is 4.55. The average Bonchev–Trinajstić information content (AvgIpc) is 2.93. The molecule has 0 aromatic carbocycles. The van der Waals surface area contributed by atoms with Crippen molar-refractivity contribution in [3.8, 4) is 0 Å². The molecule has 0 radical (unpaired) electrons. The van der Waals surface area contributed by atoms with Crippen LogP contribution in [0.2, 0.25) is 0 Å². The van der Waals surface area contributed by atoms with Crippen LogP contribution in [0.3, 0.4) is 0 Å². The van der Waals surface area contributed by atoms with Crippen LogP contribution in [0.1, 0.15) is 70.3 Å². The van der Waals surface area contributed by atoms with Crippen molar-refractivity contribution in [2.24, 2.45) is 34.5 Å². The minimum Gasteiger partial charge on any atom is -0.431 e. The van der Waals surface area contributed by atoms with E-state index < -0.39 is 12.2 Å². The molecule has 0 saturated heterocycles. The minimum absolute atomic E-state index is 0.0419. The van der Waals surface area contributed by atoms with Gasteiger partial charge in [-0.1, -0.05) is 13.8 Å². The fourth-order valence-electron chi connectivity index (χ4n) is 8.52. The zero-order valence-electron chi connectivity index (χ0n) is 17.5. The first-order valence-corrected chi connectivity index (χ1v) is 11.4. The molecule has 1 heterocycles. The van der Waals surface area contributed by atoms with Crippen LogP contribution in [-0.4, -0.2) is 33.6 Å². The number of hydrogen-bond donors (Lipinski definition) is 3. The van der Waals surface area contributed by atoms with Crippen LogP contribution in [-0.2, 0) is 0 Å². The van der Waals surface area contributed by atoms with E-state index in [0.29, 0.717) is 24.7 Å². The van der Waals surface area contributed by atoms with Gasteiger partial charge in [-0.25, -0.2) is 4.79 Å². The van der Waals surface area contributed by atoms with Crippen molar-refractivity contribution in [1.29, 1.82) is 0 Å². The van der Waals surface area contributed by atoms with E-state index in [0.717, 1.165) is 37.7 Å². The Bertz CT molecular complexity index is 814. The summed E-state index contributed by atoms with van der Waals surface area (Å²) in [4.78, 5) is 11.4. The van der Waals surface area contributed by atoms with Crippen LogP contribution < -0.4 is 5.63 Å². The maximum atomic E-state index is 11.5. The van der Waals surface area contributed by atoms with Gasteiger partial charge in [0.1, 0.15) is 0 Å². The molecule has 1 aromatic rings. The summed E-state index contributed by atoms with van der Waals surface area (Å²) in [5.74, 6) is 1.19. The van der Waals surface area contributed by atoms with Crippen molar-refractivity contribution in [3.63, 3.8) is 0 Å². The fourth-order valence-corrected chi connectivity index (χ4v) is 8.52. The van der Waals surface area contributed by atoms with E-state index in [2.05, 4.69) is 13.8 Å². The quantitative estimate of drug-likeness (QED) is 0.672. The topological polar surface area (TPSA) is 90.9 Å². The van der Waals surface area contributed by atoms with E-state index in [1.54, 1.807) is 6.26 Å². The van der Waals surface area contributed by atoms with E-state index in [4.69, 9.17) is 4.42 Å². The SMILES string of the molecule is CC12CCC(O)CC1CCC1C2C(O)CC2(C)C(c3ccc(=O)oc3)CC(O)C12. The Morgan fingerprint density at radius 1 is 0.966 bits per heavy atom. The van der Waals surface area contributed by atoms with Gasteiger partial charge in [-0.2, -0.15) is 0 Å². The molecule has 4 fully saturated rings. The molecule has 0 amide bonds. The summed E-state index contributed by atoms with van der Waals surface area (Å²) in [5, 5.41) is 32.9. The minimum atomic E-state index is -0.397. The van der Waals surface area contributed by atoms with Crippen LogP contribution in [0.25, 0.3) is 0 Å². The largest absolute Gasteiger partial charge is 0.431 e. The van der Waals surface area contributed by atoms with E-state index in [1.165, 1.54) is 6.07 Å². The molecular weight excluding hydrogens is 368 g/mol. The van der Waals surface area contributed by atoms with Gasteiger partial charge in [-0.3, -0.25) is 0 Å². The Morgan fingerprint density at radius 3 is 2.45 bits per heavy atom. The lowest BCUT2D eigenvalue weighted by atomic mass is 9.43. The van der Waals surface area contributed by atoms with Crippen LogP contribution in [0.4, 0.5) is 0 Å². The van der Waals surface area contributed by atoms with E-state index in [9.17, 15) is 20.1 Å². The Kier molecular flexibility index (Phi) is 4.54. The van der Waals surface area contributed by atoms with Crippen molar-refractivity contribution in [1.82, 2.24) is 0 Å². The van der Waals surface area contributed by atoms with Crippen molar-refractivity contribution >= 4 is 0 Å². The Hall–Kier alpha value is -1.17. The zero-order valence-corrected chi connectivity index (χ0v) is 17.5. The van der Waals surface area contributed by atoms with Crippen molar-refractivity contribution in [3.05, 3.63) is 34.4 Å². The van der Waals surface area contributed by atoms with Gasteiger partial charge in [0.15, 0.2) is 0 Å². The van der Waals surface area contributed by atoms with Crippen molar-refractivity contribution in [2.45, 2.75) is 83.0 Å². The molecule has 0 bridgehead atoms. The summed E-state index contributed by atoms with van der Waals surface area (Å²) < 4.78 is 5.14. The molecule has 0 aliphatic heterocycles. The summed E-state index contributed by atoms with van der Waals surface area (Å²) in [7, 11) is 0. The van der Waals surface area contributed by atoms with Gasteiger partial charge in [-0.15, -0.1) is 0 Å². The van der Waals surface area contributed by atoms with Gasteiger partial charge < -0.3 is 19.7 Å². The molecule has 4 aliphatic rings. The molecule has 4 saturated carbocycles. The third kappa shape index (κ3) is 2.80. The second-order valence-electron chi connectivity index (χ2n) is 10.9. The Morgan fingerprint density at radius 2 is 1.72 bits per heavy atom. The van der Waals surface area contributed by atoms with Crippen LogP contribution >= 0.6 is 0 Å². The average molecular weight is 403 g/mol. The van der Waals surface area contributed by atoms with E-state index in [1.807, 2.05) is 6.07 Å². The summed E-state index contributed by atoms with van der Waals surface area (Å²) in [6.07, 6.45) is 6.60. The molecule has 0 spiro atoms. The predicted octanol–water partition coefficient (Wildman–Crippen LogP) is 3.07. The predicted molar refractivity (Wildman–Crippen MR) is 108 cm³/mol. The second kappa shape index (κ2) is 6.66. The summed E-state index contributed by atoms with van der Waals surface area (Å²) in [5.41, 5.74) is 0.431. The first-order valence-electron chi connectivity index (χ1n) is 11.4. The highest BCUT2D eigenvalue weighted by Gasteiger charge is 2.65. The summed E-state index contributed by atoms with van der Waals surface area (Å²) in [6, 6.07) is 3.29. The molecular formula is C24H34O5. The fraction of sp³-hybridized carbons (Fsp3) is 0.792. The highest BCUT2D eigenvalue weighted by atomic mass is 16.4. The van der Waals surface area contributed by atoms with Gasteiger partial charge in [-0.05, 0) is 97.0 Å². The number of fused-ring (bicyclic) bond motifs is 5. The molecule has 1 aromatic heterocycles. The lowest BCUT2D eigenvalue weighted by Gasteiger charge is -2.62. The number of aliphatic hydroxyl groups is 3. The Labute approximate surface area is 172 Å². The monoisotopic (exact) mass is 402 g/mol. The van der Waals surface area contributed by atoms with E-state index >= 15 is 0 Å². The molecule has 10 atom stereocenters. The number of rotatable bonds is 1. The molecule has 4 aliphatic carbocycles. The molecule has 29 heavy (non-hydrogen) atoms.